The van der Waals surface area contributed by atoms with Crippen LogP contribution in [0, 0.1) is 29.0 Å². The molecular weight excluding hydrogens is 447 g/mol. The van der Waals surface area contributed by atoms with Gasteiger partial charge in [-0.25, -0.2) is 12.8 Å². The lowest BCUT2D eigenvalue weighted by molar-refractivity contribution is -0.144. The van der Waals surface area contributed by atoms with Crippen molar-refractivity contribution < 1.29 is 22.4 Å². The summed E-state index contributed by atoms with van der Waals surface area (Å²) in [6.45, 7) is 1.64. The first-order chi connectivity index (χ1) is 15.6. The highest BCUT2D eigenvalue weighted by molar-refractivity contribution is 7.90. The molecule has 1 saturated heterocycles. The van der Waals surface area contributed by atoms with Gasteiger partial charge in [-0.2, -0.15) is 5.26 Å². The number of benzene rings is 1. The van der Waals surface area contributed by atoms with Gasteiger partial charge < -0.3 is 15.1 Å². The number of rotatable bonds is 5. The van der Waals surface area contributed by atoms with E-state index in [1.807, 2.05) is 0 Å². The number of carbonyl (C=O) groups excluding carboxylic acids is 2. The van der Waals surface area contributed by atoms with Crippen molar-refractivity contribution >= 4 is 27.3 Å². The molecule has 2 atom stereocenters. The van der Waals surface area contributed by atoms with Gasteiger partial charge in [0.05, 0.1) is 16.7 Å². The molecule has 0 bridgehead atoms. The normalized spacial score (nSPS) is 24.6. The van der Waals surface area contributed by atoms with Crippen LogP contribution in [-0.2, 0) is 19.4 Å². The number of sulfone groups is 1. The van der Waals surface area contributed by atoms with E-state index in [1.165, 1.54) is 12.1 Å². The van der Waals surface area contributed by atoms with Crippen LogP contribution < -0.4 is 10.2 Å². The molecule has 0 unspecified atom stereocenters. The van der Waals surface area contributed by atoms with E-state index in [1.54, 1.807) is 9.80 Å². The summed E-state index contributed by atoms with van der Waals surface area (Å²) in [5.74, 6) is -1.67. The maximum Gasteiger partial charge on any atom is 0.226 e. The summed E-state index contributed by atoms with van der Waals surface area (Å²) in [5.41, 5.74) is -0.430. The molecule has 33 heavy (non-hydrogen) atoms. The smallest absolute Gasteiger partial charge is 0.226 e. The second-order valence-electron chi connectivity index (χ2n) is 9.38. The highest BCUT2D eigenvalue weighted by atomic mass is 32.2. The Morgan fingerprint density at radius 1 is 1.12 bits per heavy atom. The molecule has 3 fully saturated rings. The summed E-state index contributed by atoms with van der Waals surface area (Å²) in [5, 5.41) is 12.1. The molecule has 0 aromatic heterocycles. The fourth-order valence-electron chi connectivity index (χ4n) is 4.84. The minimum absolute atomic E-state index is 0.0517. The Hall–Kier alpha value is -2.67. The first kappa shape index (κ1) is 23.5. The lowest BCUT2D eigenvalue weighted by atomic mass is 9.77. The number of hydrogen-bond donors (Lipinski definition) is 1. The second-order valence-corrected chi connectivity index (χ2v) is 11.4. The number of piperazine rings is 1. The van der Waals surface area contributed by atoms with Crippen molar-refractivity contribution in [2.45, 2.75) is 49.0 Å². The number of halogens is 1. The topological polar surface area (TPSA) is 111 Å². The Balaban J connectivity index is 1.39. The van der Waals surface area contributed by atoms with Crippen LogP contribution in [0.5, 0.6) is 0 Å². The van der Waals surface area contributed by atoms with Gasteiger partial charge in [-0.15, -0.1) is 0 Å². The average Bonchev–Trinajstić information content (AvgIpc) is 3.58. The monoisotopic (exact) mass is 476 g/mol. The lowest BCUT2D eigenvalue weighted by Gasteiger charge is -2.40. The Morgan fingerprint density at radius 3 is 2.30 bits per heavy atom. The van der Waals surface area contributed by atoms with Gasteiger partial charge >= 0.3 is 0 Å². The van der Waals surface area contributed by atoms with Gasteiger partial charge in [-0.3, -0.25) is 9.59 Å². The van der Waals surface area contributed by atoms with E-state index in [0.717, 1.165) is 25.2 Å². The molecule has 8 nitrogen and oxygen atoms in total. The summed E-state index contributed by atoms with van der Waals surface area (Å²) in [6, 6.07) is 6.06. The predicted octanol–water partition coefficient (Wildman–Crippen LogP) is 1.86. The molecule has 1 aliphatic heterocycles. The van der Waals surface area contributed by atoms with Crippen molar-refractivity contribution in [2.24, 2.45) is 11.8 Å². The zero-order valence-corrected chi connectivity index (χ0v) is 19.5. The molecule has 2 aliphatic carbocycles. The van der Waals surface area contributed by atoms with Crippen LogP contribution in [0.1, 0.15) is 38.5 Å². The van der Waals surface area contributed by atoms with Crippen molar-refractivity contribution in [3.8, 4) is 6.07 Å². The van der Waals surface area contributed by atoms with Crippen molar-refractivity contribution in [1.82, 2.24) is 10.2 Å². The first-order valence-corrected chi connectivity index (χ1v) is 13.3. The molecule has 1 aromatic rings. The van der Waals surface area contributed by atoms with Crippen molar-refractivity contribution in [2.75, 3.05) is 37.3 Å². The van der Waals surface area contributed by atoms with E-state index in [4.69, 9.17) is 0 Å². The highest BCUT2D eigenvalue weighted by Gasteiger charge is 2.47. The van der Waals surface area contributed by atoms with Gasteiger partial charge in [0.25, 0.3) is 0 Å². The fraction of sp³-hybridized carbons (Fsp3) is 0.609. The van der Waals surface area contributed by atoms with Gasteiger partial charge in [0, 0.05) is 44.3 Å². The number of nitrogens with one attached hydrogen (secondary N) is 1. The van der Waals surface area contributed by atoms with Crippen LogP contribution in [0.25, 0.3) is 0 Å². The van der Waals surface area contributed by atoms with Crippen LogP contribution in [0.2, 0.25) is 0 Å². The van der Waals surface area contributed by atoms with E-state index in [0.29, 0.717) is 57.5 Å². The molecule has 2 amide bonds. The van der Waals surface area contributed by atoms with Gasteiger partial charge in [0.15, 0.2) is 9.84 Å². The van der Waals surface area contributed by atoms with Crippen molar-refractivity contribution in [3.63, 3.8) is 0 Å². The Bertz CT molecular complexity index is 1090. The average molecular weight is 477 g/mol. The van der Waals surface area contributed by atoms with Crippen LogP contribution in [0.15, 0.2) is 23.1 Å². The molecule has 10 heteroatoms. The number of nitrogens with zero attached hydrogens (tertiary/aromatic N) is 3. The summed E-state index contributed by atoms with van der Waals surface area (Å²) in [4.78, 5) is 29.6. The number of carbonyl (C=O) groups is 2. The van der Waals surface area contributed by atoms with Crippen molar-refractivity contribution in [1.29, 1.82) is 5.26 Å². The van der Waals surface area contributed by atoms with E-state index >= 15 is 0 Å². The minimum atomic E-state index is -3.49. The quantitative estimate of drug-likeness (QED) is 0.695. The molecule has 4 rings (SSSR count). The van der Waals surface area contributed by atoms with Gasteiger partial charge in [-0.1, -0.05) is 12.8 Å². The van der Waals surface area contributed by atoms with Crippen LogP contribution in [-0.4, -0.2) is 63.1 Å². The third kappa shape index (κ3) is 4.98. The Morgan fingerprint density at radius 2 is 1.76 bits per heavy atom. The van der Waals surface area contributed by atoms with Crippen LogP contribution in [0.4, 0.5) is 10.1 Å². The van der Waals surface area contributed by atoms with Gasteiger partial charge in [-0.05, 0) is 43.9 Å². The molecule has 3 aliphatic rings. The maximum atomic E-state index is 14.6. The zero-order chi connectivity index (χ0) is 23.8. The number of anilines is 1. The van der Waals surface area contributed by atoms with Gasteiger partial charge in [0.2, 0.25) is 11.8 Å². The third-order valence-corrected chi connectivity index (χ3v) is 8.14. The van der Waals surface area contributed by atoms with Crippen LogP contribution >= 0.6 is 0 Å². The molecule has 1 aromatic carbocycles. The predicted molar refractivity (Wildman–Crippen MR) is 119 cm³/mol. The Kier molecular flexibility index (Phi) is 6.36. The molecule has 1 heterocycles. The molecule has 1 N–H and O–H groups in total. The standard InChI is InChI=1S/C23H29FN4O4S/c1-33(31,32)16-6-7-20(19(24)14-16)27-10-12-28(13-11-27)22(30)18-5-3-2-4-17(18)21(29)26-23(15-25)8-9-23/h6-7,14,17-18H,2-5,8-13H2,1H3,(H,26,29)/t17-,18-/m1/s1. The lowest BCUT2D eigenvalue weighted by Crippen LogP contribution is -2.53. The molecule has 2 saturated carbocycles. The number of nitriles is 1. The van der Waals surface area contributed by atoms with E-state index in [9.17, 15) is 27.7 Å². The summed E-state index contributed by atoms with van der Waals surface area (Å²) < 4.78 is 37.9. The minimum Gasteiger partial charge on any atom is -0.366 e. The first-order valence-electron chi connectivity index (χ1n) is 11.4. The maximum absolute atomic E-state index is 14.6. The number of hydrogen-bond acceptors (Lipinski definition) is 6. The van der Waals surface area contributed by atoms with E-state index < -0.39 is 33.0 Å². The molecular formula is C23H29FN4O4S. The molecule has 0 radical (unpaired) electrons. The molecule has 0 spiro atoms. The Labute approximate surface area is 193 Å². The summed E-state index contributed by atoms with van der Waals surface area (Å²) >= 11 is 0. The van der Waals surface area contributed by atoms with Crippen LogP contribution in [0.3, 0.4) is 0 Å². The third-order valence-electron chi connectivity index (χ3n) is 7.03. The number of amides is 2. The second kappa shape index (κ2) is 8.93. The summed E-state index contributed by atoms with van der Waals surface area (Å²) in [6.07, 6.45) is 5.42. The largest absolute Gasteiger partial charge is 0.366 e. The van der Waals surface area contributed by atoms with E-state index in [-0.39, 0.29) is 16.7 Å². The SMILES string of the molecule is CS(=O)(=O)c1ccc(N2CCN(C(=O)[C@@H]3CCCC[C@H]3C(=O)NC3(C#N)CC3)CC2)c(F)c1. The fourth-order valence-corrected chi connectivity index (χ4v) is 5.47. The van der Waals surface area contributed by atoms with Crippen molar-refractivity contribution in [3.05, 3.63) is 24.0 Å². The van der Waals surface area contributed by atoms with E-state index in [2.05, 4.69) is 11.4 Å². The molecule has 178 valence electrons. The highest BCUT2D eigenvalue weighted by Crippen LogP contribution is 2.37. The zero-order valence-electron chi connectivity index (χ0n) is 18.7. The summed E-state index contributed by atoms with van der Waals surface area (Å²) in [7, 11) is -3.49. The van der Waals surface area contributed by atoms with Gasteiger partial charge in [0.1, 0.15) is 11.4 Å².